The van der Waals surface area contributed by atoms with Gasteiger partial charge in [0.05, 0.1) is 0 Å². The van der Waals surface area contributed by atoms with Gasteiger partial charge in [-0.25, -0.2) is 0 Å². The fraction of sp³-hybridized carbons (Fsp3) is 0.636. The molecule has 1 aliphatic heterocycles. The molecule has 0 aromatic rings. The number of rotatable bonds is 6. The van der Waals surface area contributed by atoms with Crippen molar-refractivity contribution in [3.63, 3.8) is 0 Å². The van der Waals surface area contributed by atoms with Gasteiger partial charge in [-0.05, 0) is 62.2 Å². The molecule has 128 valence electrons. The van der Waals surface area contributed by atoms with Crippen LogP contribution in [0.5, 0.6) is 0 Å². The van der Waals surface area contributed by atoms with Crippen LogP contribution < -0.4 is 0 Å². The van der Waals surface area contributed by atoms with E-state index < -0.39 is 0 Å². The summed E-state index contributed by atoms with van der Waals surface area (Å²) < 4.78 is 0. The summed E-state index contributed by atoms with van der Waals surface area (Å²) in [4.78, 5) is 2.43. The second-order valence-electron chi connectivity index (χ2n) is 7.17. The van der Waals surface area contributed by atoms with E-state index in [-0.39, 0.29) is 0 Å². The molecule has 0 saturated heterocycles. The molecule has 0 radical (unpaired) electrons. The molecule has 0 N–H and O–H groups in total. The molecule has 0 unspecified atom stereocenters. The standard InChI is InChI=1S/C22H35N/c1-5-7-13-21-16-12-17-23(22(21)18(3)6-2)19(4)20-14-10-8-9-11-15-20/h12,16-17,20H,4-11,13-15H2,1-3H3/b22-18+. The Balaban J connectivity index is 2.23. The van der Waals surface area contributed by atoms with Crippen LogP contribution in [0, 0.1) is 5.92 Å². The van der Waals surface area contributed by atoms with Crippen molar-refractivity contribution in [2.75, 3.05) is 0 Å². The zero-order valence-electron chi connectivity index (χ0n) is 15.5. The van der Waals surface area contributed by atoms with Crippen molar-refractivity contribution in [1.29, 1.82) is 0 Å². The van der Waals surface area contributed by atoms with E-state index in [4.69, 9.17) is 0 Å². The number of nitrogens with zero attached hydrogens (tertiary/aromatic N) is 1. The molecule has 0 bridgehead atoms. The number of hydrogen-bond acceptors (Lipinski definition) is 1. The highest BCUT2D eigenvalue weighted by atomic mass is 15.1. The Hall–Kier alpha value is -1.24. The number of unbranched alkanes of at least 4 members (excludes halogenated alkanes) is 1. The quantitative estimate of drug-likeness (QED) is 0.473. The molecular formula is C22H35N. The van der Waals surface area contributed by atoms with E-state index in [0.29, 0.717) is 5.92 Å². The lowest BCUT2D eigenvalue weighted by Gasteiger charge is -2.35. The van der Waals surface area contributed by atoms with E-state index in [1.54, 1.807) is 0 Å². The van der Waals surface area contributed by atoms with Gasteiger partial charge >= 0.3 is 0 Å². The van der Waals surface area contributed by atoms with Crippen molar-refractivity contribution in [1.82, 2.24) is 4.90 Å². The van der Waals surface area contributed by atoms with Gasteiger partial charge in [-0.1, -0.05) is 58.6 Å². The van der Waals surface area contributed by atoms with Crippen LogP contribution in [0.1, 0.15) is 85.0 Å². The molecule has 1 nitrogen and oxygen atoms in total. The molecule has 0 aromatic heterocycles. The lowest BCUT2D eigenvalue weighted by molar-refractivity contribution is 0.415. The Morgan fingerprint density at radius 3 is 2.48 bits per heavy atom. The maximum absolute atomic E-state index is 4.54. The van der Waals surface area contributed by atoms with Gasteiger partial charge in [-0.2, -0.15) is 0 Å². The Bertz CT molecular complexity index is 484. The van der Waals surface area contributed by atoms with Gasteiger partial charge in [0.2, 0.25) is 0 Å². The number of hydrogen-bond donors (Lipinski definition) is 0. The minimum Gasteiger partial charge on any atom is -0.321 e. The molecular weight excluding hydrogens is 278 g/mol. The highest BCUT2D eigenvalue weighted by molar-refractivity contribution is 5.43. The molecule has 2 aliphatic rings. The number of allylic oxidation sites excluding steroid dienone is 5. The monoisotopic (exact) mass is 313 g/mol. The Morgan fingerprint density at radius 1 is 1.17 bits per heavy atom. The van der Waals surface area contributed by atoms with Gasteiger partial charge in [-0.15, -0.1) is 0 Å². The minimum atomic E-state index is 0.660. The fourth-order valence-electron chi connectivity index (χ4n) is 3.82. The first-order valence-electron chi connectivity index (χ1n) is 9.74. The summed E-state index contributed by atoms with van der Waals surface area (Å²) >= 11 is 0. The highest BCUT2D eigenvalue weighted by Crippen LogP contribution is 2.37. The summed E-state index contributed by atoms with van der Waals surface area (Å²) in [6, 6.07) is 0. The third-order valence-electron chi connectivity index (χ3n) is 5.45. The van der Waals surface area contributed by atoms with E-state index in [1.807, 2.05) is 0 Å². The normalized spacial score (nSPS) is 21.9. The van der Waals surface area contributed by atoms with Crippen LogP contribution in [0.2, 0.25) is 0 Å². The van der Waals surface area contributed by atoms with Crippen LogP contribution in [-0.2, 0) is 0 Å². The van der Waals surface area contributed by atoms with E-state index >= 15 is 0 Å². The predicted octanol–water partition coefficient (Wildman–Crippen LogP) is 7.10. The lowest BCUT2D eigenvalue weighted by atomic mass is 9.92. The highest BCUT2D eigenvalue weighted by Gasteiger charge is 2.24. The predicted molar refractivity (Wildman–Crippen MR) is 102 cm³/mol. The molecule has 1 heteroatoms. The first kappa shape index (κ1) is 18.1. The molecule has 2 rings (SSSR count). The SMILES string of the molecule is C=C(C1CCCCCC1)N1C=CC=C(CCCC)/C1=C(/C)CC. The van der Waals surface area contributed by atoms with Crippen molar-refractivity contribution < 1.29 is 0 Å². The molecule has 0 aromatic carbocycles. The van der Waals surface area contributed by atoms with Crippen LogP contribution in [0.3, 0.4) is 0 Å². The zero-order chi connectivity index (χ0) is 16.7. The van der Waals surface area contributed by atoms with E-state index in [1.165, 1.54) is 80.3 Å². The largest absolute Gasteiger partial charge is 0.321 e. The van der Waals surface area contributed by atoms with Gasteiger partial charge < -0.3 is 4.90 Å². The average molecular weight is 314 g/mol. The van der Waals surface area contributed by atoms with Crippen molar-refractivity contribution >= 4 is 0 Å². The topological polar surface area (TPSA) is 3.24 Å². The van der Waals surface area contributed by atoms with Crippen molar-refractivity contribution in [2.24, 2.45) is 5.92 Å². The van der Waals surface area contributed by atoms with Crippen LogP contribution in [-0.4, -0.2) is 4.90 Å². The summed E-state index contributed by atoms with van der Waals surface area (Å²) in [6.07, 6.45) is 19.8. The zero-order valence-corrected chi connectivity index (χ0v) is 15.5. The van der Waals surface area contributed by atoms with Gasteiger partial charge in [0, 0.05) is 17.6 Å². The van der Waals surface area contributed by atoms with E-state index in [2.05, 4.69) is 50.6 Å². The van der Waals surface area contributed by atoms with Crippen LogP contribution in [0.15, 0.2) is 47.5 Å². The van der Waals surface area contributed by atoms with Gasteiger partial charge in [-0.3, -0.25) is 0 Å². The second kappa shape index (κ2) is 9.15. The molecule has 0 atom stereocenters. The average Bonchev–Trinajstić information content (AvgIpc) is 2.87. The summed E-state index contributed by atoms with van der Waals surface area (Å²) in [6.45, 7) is 11.4. The van der Waals surface area contributed by atoms with Gasteiger partial charge in [0.1, 0.15) is 0 Å². The smallest absolute Gasteiger partial charge is 0.0473 e. The molecule has 0 spiro atoms. The maximum atomic E-state index is 4.54. The minimum absolute atomic E-state index is 0.660. The Kier molecular flexibility index (Phi) is 7.20. The van der Waals surface area contributed by atoms with Gasteiger partial charge in [0.25, 0.3) is 0 Å². The second-order valence-corrected chi connectivity index (χ2v) is 7.17. The summed E-state index contributed by atoms with van der Waals surface area (Å²) in [5.41, 5.74) is 5.76. The third-order valence-corrected chi connectivity index (χ3v) is 5.45. The van der Waals surface area contributed by atoms with Crippen molar-refractivity contribution in [3.05, 3.63) is 47.5 Å². The molecule has 0 amide bonds. The summed E-state index contributed by atoms with van der Waals surface area (Å²) in [7, 11) is 0. The molecule has 1 aliphatic carbocycles. The Labute approximate surface area is 143 Å². The van der Waals surface area contributed by atoms with Crippen LogP contribution in [0.25, 0.3) is 0 Å². The maximum Gasteiger partial charge on any atom is 0.0473 e. The summed E-state index contributed by atoms with van der Waals surface area (Å²) in [5, 5.41) is 0. The molecule has 1 heterocycles. The molecule has 1 saturated carbocycles. The van der Waals surface area contributed by atoms with Gasteiger partial charge in [0.15, 0.2) is 0 Å². The Morgan fingerprint density at radius 2 is 1.87 bits per heavy atom. The van der Waals surface area contributed by atoms with Crippen molar-refractivity contribution in [3.8, 4) is 0 Å². The fourth-order valence-corrected chi connectivity index (χ4v) is 3.82. The molecule has 23 heavy (non-hydrogen) atoms. The van der Waals surface area contributed by atoms with Crippen molar-refractivity contribution in [2.45, 2.75) is 85.0 Å². The lowest BCUT2D eigenvalue weighted by Crippen LogP contribution is -2.25. The van der Waals surface area contributed by atoms with Crippen LogP contribution >= 0.6 is 0 Å². The summed E-state index contributed by atoms with van der Waals surface area (Å²) in [5.74, 6) is 0.660. The van der Waals surface area contributed by atoms with E-state index in [9.17, 15) is 0 Å². The van der Waals surface area contributed by atoms with Crippen LogP contribution in [0.4, 0.5) is 0 Å². The molecule has 1 fully saturated rings. The van der Waals surface area contributed by atoms with E-state index in [0.717, 1.165) is 6.42 Å². The first-order chi connectivity index (χ1) is 11.2. The first-order valence-corrected chi connectivity index (χ1v) is 9.74. The third kappa shape index (κ3) is 4.62.